The van der Waals surface area contributed by atoms with Gasteiger partial charge in [-0.1, -0.05) is 47.5 Å². The van der Waals surface area contributed by atoms with E-state index in [-0.39, 0.29) is 5.57 Å². The van der Waals surface area contributed by atoms with Gasteiger partial charge in [-0.05, 0) is 66.9 Å². The SMILES string of the molecule is C=CCc1cc(/C=C(\C#N)C(=O)Nc2ccc(C)cc2)cc(OC)c1OCc1ccc(Cl)cc1. The molecule has 0 spiro atoms. The van der Waals surface area contributed by atoms with E-state index < -0.39 is 5.91 Å². The molecule has 0 saturated carbocycles. The first-order valence-electron chi connectivity index (χ1n) is 10.6. The number of allylic oxidation sites excluding steroid dienone is 1. The van der Waals surface area contributed by atoms with Crippen molar-refractivity contribution in [3.8, 4) is 17.6 Å². The Morgan fingerprint density at radius 3 is 2.47 bits per heavy atom. The van der Waals surface area contributed by atoms with E-state index in [1.807, 2.05) is 43.3 Å². The third kappa shape index (κ3) is 6.50. The number of benzene rings is 3. The zero-order valence-electron chi connectivity index (χ0n) is 19.1. The lowest BCUT2D eigenvalue weighted by molar-refractivity contribution is -0.112. The lowest BCUT2D eigenvalue weighted by atomic mass is 10.0. The molecular weight excluding hydrogens is 448 g/mol. The Labute approximate surface area is 204 Å². The fraction of sp³-hybridized carbons (Fsp3) is 0.143. The molecule has 6 heteroatoms. The van der Waals surface area contributed by atoms with Crippen molar-refractivity contribution in [1.29, 1.82) is 5.26 Å². The molecule has 0 aliphatic rings. The van der Waals surface area contributed by atoms with E-state index in [1.54, 1.807) is 43.5 Å². The van der Waals surface area contributed by atoms with Gasteiger partial charge in [0.25, 0.3) is 5.91 Å². The van der Waals surface area contributed by atoms with Crippen LogP contribution in [0.1, 0.15) is 22.3 Å². The van der Waals surface area contributed by atoms with Gasteiger partial charge in [-0.2, -0.15) is 5.26 Å². The average Bonchev–Trinajstić information content (AvgIpc) is 2.84. The second-order valence-corrected chi connectivity index (χ2v) is 8.05. The number of aryl methyl sites for hydroxylation is 1. The number of carbonyl (C=O) groups is 1. The topological polar surface area (TPSA) is 71.4 Å². The van der Waals surface area contributed by atoms with Crippen molar-refractivity contribution in [3.05, 3.63) is 106 Å². The van der Waals surface area contributed by atoms with Crippen LogP contribution in [-0.4, -0.2) is 13.0 Å². The van der Waals surface area contributed by atoms with Gasteiger partial charge in [-0.3, -0.25) is 4.79 Å². The molecule has 1 amide bonds. The molecule has 0 aliphatic heterocycles. The van der Waals surface area contributed by atoms with Gasteiger partial charge < -0.3 is 14.8 Å². The van der Waals surface area contributed by atoms with Crippen molar-refractivity contribution in [1.82, 2.24) is 0 Å². The first-order chi connectivity index (χ1) is 16.4. The number of nitrogens with zero attached hydrogens (tertiary/aromatic N) is 1. The molecule has 0 aromatic heterocycles. The van der Waals surface area contributed by atoms with Gasteiger partial charge in [0.1, 0.15) is 18.2 Å². The number of nitriles is 1. The summed E-state index contributed by atoms with van der Waals surface area (Å²) in [5.74, 6) is 0.589. The highest BCUT2D eigenvalue weighted by molar-refractivity contribution is 6.30. The smallest absolute Gasteiger partial charge is 0.266 e. The number of nitrogens with one attached hydrogen (secondary N) is 1. The van der Waals surface area contributed by atoms with E-state index in [4.69, 9.17) is 21.1 Å². The Balaban J connectivity index is 1.88. The van der Waals surface area contributed by atoms with Crippen LogP contribution in [0.3, 0.4) is 0 Å². The van der Waals surface area contributed by atoms with Crippen LogP contribution in [0.15, 0.2) is 78.9 Å². The highest BCUT2D eigenvalue weighted by Crippen LogP contribution is 2.35. The number of methoxy groups -OCH3 is 1. The molecule has 0 radical (unpaired) electrons. The zero-order valence-corrected chi connectivity index (χ0v) is 19.9. The standard InChI is InChI=1S/C28H25ClN2O3/c1-4-5-22-14-21(15-23(17-30)28(32)31-25-12-6-19(2)7-13-25)16-26(33-3)27(22)34-18-20-8-10-24(29)11-9-20/h4,6-16H,1,5,18H2,2-3H3,(H,31,32)/b23-15+. The van der Waals surface area contributed by atoms with Gasteiger partial charge in [-0.15, -0.1) is 6.58 Å². The minimum Gasteiger partial charge on any atom is -0.493 e. The highest BCUT2D eigenvalue weighted by Gasteiger charge is 2.15. The van der Waals surface area contributed by atoms with E-state index in [0.717, 1.165) is 16.7 Å². The summed E-state index contributed by atoms with van der Waals surface area (Å²) < 4.78 is 11.6. The van der Waals surface area contributed by atoms with Crippen LogP contribution < -0.4 is 14.8 Å². The Bertz CT molecular complexity index is 1240. The van der Waals surface area contributed by atoms with Crippen molar-refractivity contribution in [2.75, 3.05) is 12.4 Å². The summed E-state index contributed by atoms with van der Waals surface area (Å²) in [6.07, 6.45) is 3.81. The van der Waals surface area contributed by atoms with Crippen LogP contribution in [0, 0.1) is 18.3 Å². The summed E-state index contributed by atoms with van der Waals surface area (Å²) in [4.78, 5) is 12.7. The maximum absolute atomic E-state index is 12.7. The molecule has 0 heterocycles. The Morgan fingerprint density at radius 2 is 1.85 bits per heavy atom. The molecule has 3 aromatic carbocycles. The molecule has 3 aromatic rings. The van der Waals surface area contributed by atoms with Crippen molar-refractivity contribution in [3.63, 3.8) is 0 Å². The van der Waals surface area contributed by atoms with Crippen LogP contribution in [-0.2, 0) is 17.8 Å². The Hall–Kier alpha value is -4.01. The van der Waals surface area contributed by atoms with Crippen LogP contribution in [0.25, 0.3) is 6.08 Å². The number of rotatable bonds is 9. The van der Waals surface area contributed by atoms with Crippen molar-refractivity contribution >= 4 is 29.3 Å². The van der Waals surface area contributed by atoms with Gasteiger partial charge in [0.15, 0.2) is 11.5 Å². The minimum atomic E-state index is -0.487. The molecule has 34 heavy (non-hydrogen) atoms. The monoisotopic (exact) mass is 472 g/mol. The van der Waals surface area contributed by atoms with Gasteiger partial charge in [-0.25, -0.2) is 0 Å². The summed E-state index contributed by atoms with van der Waals surface area (Å²) in [6.45, 7) is 6.12. The van der Waals surface area contributed by atoms with E-state index >= 15 is 0 Å². The third-order valence-corrected chi connectivity index (χ3v) is 5.27. The molecule has 1 N–H and O–H groups in total. The van der Waals surface area contributed by atoms with Gasteiger partial charge in [0.2, 0.25) is 0 Å². The zero-order chi connectivity index (χ0) is 24.5. The number of halogens is 1. The predicted molar refractivity (Wildman–Crippen MR) is 136 cm³/mol. The van der Waals surface area contributed by atoms with E-state index in [1.165, 1.54) is 6.08 Å². The average molecular weight is 473 g/mol. The lowest BCUT2D eigenvalue weighted by Gasteiger charge is -2.16. The fourth-order valence-corrected chi connectivity index (χ4v) is 3.40. The number of ether oxygens (including phenoxy) is 2. The van der Waals surface area contributed by atoms with Gasteiger partial charge in [0, 0.05) is 16.3 Å². The molecule has 172 valence electrons. The largest absolute Gasteiger partial charge is 0.493 e. The van der Waals surface area contributed by atoms with Crippen LogP contribution in [0.5, 0.6) is 11.5 Å². The minimum absolute atomic E-state index is 0.0259. The van der Waals surface area contributed by atoms with E-state index in [9.17, 15) is 10.1 Å². The molecule has 0 atom stereocenters. The molecule has 0 saturated heterocycles. The van der Waals surface area contributed by atoms with Gasteiger partial charge in [0.05, 0.1) is 7.11 Å². The van der Waals surface area contributed by atoms with Gasteiger partial charge >= 0.3 is 0 Å². The molecule has 0 bridgehead atoms. The second-order valence-electron chi connectivity index (χ2n) is 7.61. The Morgan fingerprint density at radius 1 is 1.15 bits per heavy atom. The third-order valence-electron chi connectivity index (χ3n) is 5.02. The number of anilines is 1. The Kier molecular flexibility index (Phi) is 8.50. The summed E-state index contributed by atoms with van der Waals surface area (Å²) >= 11 is 5.96. The highest BCUT2D eigenvalue weighted by atomic mass is 35.5. The number of carbonyl (C=O) groups excluding carboxylic acids is 1. The fourth-order valence-electron chi connectivity index (χ4n) is 3.28. The molecule has 3 rings (SSSR count). The maximum atomic E-state index is 12.7. The van der Waals surface area contributed by atoms with Crippen molar-refractivity contribution in [2.24, 2.45) is 0 Å². The molecule has 0 fully saturated rings. The molecular formula is C28H25ClN2O3. The second kappa shape index (κ2) is 11.7. The lowest BCUT2D eigenvalue weighted by Crippen LogP contribution is -2.13. The molecule has 0 aliphatic carbocycles. The number of amides is 1. The first-order valence-corrected chi connectivity index (χ1v) is 11.0. The van der Waals surface area contributed by atoms with Crippen LogP contribution in [0.2, 0.25) is 5.02 Å². The molecule has 0 unspecified atom stereocenters. The summed E-state index contributed by atoms with van der Waals surface area (Å²) in [5.41, 5.74) is 4.09. The normalized spacial score (nSPS) is 10.8. The number of hydrogen-bond donors (Lipinski definition) is 1. The number of hydrogen-bond acceptors (Lipinski definition) is 4. The van der Waals surface area contributed by atoms with Crippen LogP contribution in [0.4, 0.5) is 5.69 Å². The van der Waals surface area contributed by atoms with Crippen LogP contribution >= 0.6 is 11.6 Å². The summed E-state index contributed by atoms with van der Waals surface area (Å²) in [6, 6.07) is 20.3. The van der Waals surface area contributed by atoms with Crippen molar-refractivity contribution in [2.45, 2.75) is 20.0 Å². The summed E-state index contributed by atoms with van der Waals surface area (Å²) in [5, 5.41) is 13.0. The van der Waals surface area contributed by atoms with E-state index in [2.05, 4.69) is 11.9 Å². The first kappa shape index (κ1) is 24.6. The van der Waals surface area contributed by atoms with Crippen molar-refractivity contribution < 1.29 is 14.3 Å². The summed E-state index contributed by atoms with van der Waals surface area (Å²) in [7, 11) is 1.55. The molecule has 5 nitrogen and oxygen atoms in total. The maximum Gasteiger partial charge on any atom is 0.266 e. The quantitative estimate of drug-likeness (QED) is 0.219. The predicted octanol–water partition coefficient (Wildman–Crippen LogP) is 6.51. The van der Waals surface area contributed by atoms with E-state index in [0.29, 0.717) is 40.8 Å².